The van der Waals surface area contributed by atoms with Crippen LogP contribution in [0.15, 0.2) is 18.2 Å². The van der Waals surface area contributed by atoms with Crippen molar-refractivity contribution < 1.29 is 9.84 Å². The SMILES string of the molecule is COc1ccc(C2(O)CCNC2)c(N)c1. The van der Waals surface area contributed by atoms with E-state index in [-0.39, 0.29) is 0 Å². The lowest BCUT2D eigenvalue weighted by Crippen LogP contribution is -2.29. The Labute approximate surface area is 89.0 Å². The third kappa shape index (κ3) is 1.78. The Morgan fingerprint density at radius 1 is 1.53 bits per heavy atom. The molecule has 0 saturated carbocycles. The summed E-state index contributed by atoms with van der Waals surface area (Å²) in [6.07, 6.45) is 0.698. The highest BCUT2D eigenvalue weighted by Gasteiger charge is 2.34. The molecule has 4 nitrogen and oxygen atoms in total. The largest absolute Gasteiger partial charge is 0.497 e. The van der Waals surface area contributed by atoms with E-state index in [2.05, 4.69) is 5.32 Å². The van der Waals surface area contributed by atoms with Crippen LogP contribution in [0.1, 0.15) is 12.0 Å². The molecule has 1 saturated heterocycles. The number of ether oxygens (including phenoxy) is 1. The standard InChI is InChI=1S/C11H16N2O2/c1-15-8-2-3-9(10(12)6-8)11(14)4-5-13-7-11/h2-3,6,13-14H,4-5,7,12H2,1H3. The van der Waals surface area contributed by atoms with E-state index in [9.17, 15) is 5.11 Å². The predicted octanol–water partition coefficient (Wildman–Crippen LogP) is 0.458. The van der Waals surface area contributed by atoms with Crippen LogP contribution in [0.25, 0.3) is 0 Å². The number of benzene rings is 1. The molecule has 0 spiro atoms. The van der Waals surface area contributed by atoms with Gasteiger partial charge in [0.2, 0.25) is 0 Å². The Balaban J connectivity index is 2.36. The Hall–Kier alpha value is -1.26. The van der Waals surface area contributed by atoms with Crippen molar-refractivity contribution in [1.82, 2.24) is 5.32 Å². The number of nitrogen functional groups attached to an aromatic ring is 1. The molecule has 0 aromatic heterocycles. The van der Waals surface area contributed by atoms with Gasteiger partial charge in [0.05, 0.1) is 7.11 Å². The monoisotopic (exact) mass is 208 g/mol. The van der Waals surface area contributed by atoms with Gasteiger partial charge in [-0.15, -0.1) is 0 Å². The Morgan fingerprint density at radius 2 is 2.33 bits per heavy atom. The summed E-state index contributed by atoms with van der Waals surface area (Å²) >= 11 is 0. The molecule has 1 aliphatic heterocycles. The van der Waals surface area contributed by atoms with Gasteiger partial charge in [0.25, 0.3) is 0 Å². The number of hydrogen-bond acceptors (Lipinski definition) is 4. The lowest BCUT2D eigenvalue weighted by molar-refractivity contribution is 0.0595. The van der Waals surface area contributed by atoms with Crippen LogP contribution in [-0.4, -0.2) is 25.3 Å². The predicted molar refractivity (Wildman–Crippen MR) is 58.8 cm³/mol. The van der Waals surface area contributed by atoms with Gasteiger partial charge in [-0.1, -0.05) is 6.07 Å². The van der Waals surface area contributed by atoms with Gasteiger partial charge in [-0.05, 0) is 19.0 Å². The maximum Gasteiger partial charge on any atom is 0.120 e. The summed E-state index contributed by atoms with van der Waals surface area (Å²) in [6, 6.07) is 5.40. The lowest BCUT2D eigenvalue weighted by Gasteiger charge is -2.23. The average Bonchev–Trinajstić information content (AvgIpc) is 2.65. The number of rotatable bonds is 2. The van der Waals surface area contributed by atoms with Crippen molar-refractivity contribution in [1.29, 1.82) is 0 Å². The van der Waals surface area contributed by atoms with Crippen LogP contribution in [0.2, 0.25) is 0 Å². The molecular weight excluding hydrogens is 192 g/mol. The molecule has 1 unspecified atom stereocenters. The smallest absolute Gasteiger partial charge is 0.120 e. The van der Waals surface area contributed by atoms with Crippen molar-refractivity contribution in [2.45, 2.75) is 12.0 Å². The quantitative estimate of drug-likeness (QED) is 0.618. The van der Waals surface area contributed by atoms with Crippen molar-refractivity contribution in [2.75, 3.05) is 25.9 Å². The van der Waals surface area contributed by atoms with Gasteiger partial charge in [-0.25, -0.2) is 0 Å². The maximum atomic E-state index is 10.3. The summed E-state index contributed by atoms with van der Waals surface area (Å²) in [5.41, 5.74) is 6.44. The zero-order chi connectivity index (χ0) is 10.9. The van der Waals surface area contributed by atoms with Gasteiger partial charge in [0.15, 0.2) is 0 Å². The van der Waals surface area contributed by atoms with Crippen molar-refractivity contribution in [3.63, 3.8) is 0 Å². The molecule has 4 heteroatoms. The molecule has 1 fully saturated rings. The van der Waals surface area contributed by atoms with E-state index in [4.69, 9.17) is 10.5 Å². The number of anilines is 1. The third-order valence-corrected chi connectivity index (χ3v) is 2.89. The lowest BCUT2D eigenvalue weighted by atomic mass is 9.91. The minimum absolute atomic E-state index is 0.559. The minimum atomic E-state index is -0.823. The highest BCUT2D eigenvalue weighted by atomic mass is 16.5. The highest BCUT2D eigenvalue weighted by Crippen LogP contribution is 2.33. The van der Waals surface area contributed by atoms with Crippen LogP contribution < -0.4 is 15.8 Å². The normalized spacial score (nSPS) is 25.5. The first-order valence-corrected chi connectivity index (χ1v) is 5.03. The zero-order valence-corrected chi connectivity index (χ0v) is 8.79. The maximum absolute atomic E-state index is 10.3. The van der Waals surface area contributed by atoms with Crippen LogP contribution in [0.5, 0.6) is 5.75 Å². The van der Waals surface area contributed by atoms with Crippen LogP contribution in [0.4, 0.5) is 5.69 Å². The molecule has 0 radical (unpaired) electrons. The number of hydrogen-bond donors (Lipinski definition) is 3. The Bertz CT molecular complexity index is 360. The number of methoxy groups -OCH3 is 1. The summed E-state index contributed by atoms with van der Waals surface area (Å²) < 4.78 is 5.07. The van der Waals surface area contributed by atoms with E-state index in [0.717, 1.165) is 12.1 Å². The van der Waals surface area contributed by atoms with Crippen LogP contribution in [0.3, 0.4) is 0 Å². The fourth-order valence-corrected chi connectivity index (χ4v) is 2.00. The molecule has 1 heterocycles. The molecule has 1 aliphatic rings. The van der Waals surface area contributed by atoms with Gasteiger partial charge < -0.3 is 20.9 Å². The number of nitrogens with two attached hydrogens (primary N) is 1. The molecule has 1 aromatic carbocycles. The minimum Gasteiger partial charge on any atom is -0.497 e. The van der Waals surface area contributed by atoms with E-state index in [1.54, 1.807) is 13.2 Å². The third-order valence-electron chi connectivity index (χ3n) is 2.89. The van der Waals surface area contributed by atoms with Crippen molar-refractivity contribution >= 4 is 5.69 Å². The molecule has 2 rings (SSSR count). The number of β-amino-alcohol motifs (C(OH)–C–C–N with tert-alkyl or cyclic N) is 1. The summed E-state index contributed by atoms with van der Waals surface area (Å²) in [7, 11) is 1.60. The number of nitrogens with one attached hydrogen (secondary N) is 1. The molecule has 0 amide bonds. The molecule has 0 aliphatic carbocycles. The summed E-state index contributed by atoms with van der Waals surface area (Å²) in [5.74, 6) is 0.714. The van der Waals surface area contributed by atoms with E-state index in [0.29, 0.717) is 24.4 Å². The van der Waals surface area contributed by atoms with Gasteiger partial charge in [0.1, 0.15) is 11.4 Å². The molecule has 4 N–H and O–H groups in total. The van der Waals surface area contributed by atoms with Crippen LogP contribution in [0, 0.1) is 0 Å². The first kappa shape index (κ1) is 10.3. The highest BCUT2D eigenvalue weighted by molar-refractivity contribution is 5.54. The molecule has 0 bridgehead atoms. The van der Waals surface area contributed by atoms with Crippen molar-refractivity contribution in [3.05, 3.63) is 23.8 Å². The zero-order valence-electron chi connectivity index (χ0n) is 8.79. The molecule has 82 valence electrons. The Kier molecular flexibility index (Phi) is 2.54. The molecule has 1 aromatic rings. The van der Waals surface area contributed by atoms with E-state index in [1.165, 1.54) is 0 Å². The van der Waals surface area contributed by atoms with Crippen molar-refractivity contribution in [3.8, 4) is 5.75 Å². The average molecular weight is 208 g/mol. The van der Waals surface area contributed by atoms with E-state index in [1.807, 2.05) is 12.1 Å². The van der Waals surface area contributed by atoms with Gasteiger partial charge in [-0.2, -0.15) is 0 Å². The second-order valence-corrected chi connectivity index (χ2v) is 3.91. The first-order chi connectivity index (χ1) is 7.15. The second-order valence-electron chi connectivity index (χ2n) is 3.91. The second kappa shape index (κ2) is 3.72. The van der Waals surface area contributed by atoms with Gasteiger partial charge >= 0.3 is 0 Å². The molecular formula is C11H16N2O2. The van der Waals surface area contributed by atoms with Crippen molar-refractivity contribution in [2.24, 2.45) is 0 Å². The summed E-state index contributed by atoms with van der Waals surface area (Å²) in [6.45, 7) is 1.38. The van der Waals surface area contributed by atoms with E-state index < -0.39 is 5.60 Å². The fraction of sp³-hybridized carbons (Fsp3) is 0.455. The number of aliphatic hydroxyl groups is 1. The summed E-state index contributed by atoms with van der Waals surface area (Å²) in [5, 5.41) is 13.5. The topological polar surface area (TPSA) is 67.5 Å². The summed E-state index contributed by atoms with van der Waals surface area (Å²) in [4.78, 5) is 0. The van der Waals surface area contributed by atoms with Gasteiger partial charge in [-0.3, -0.25) is 0 Å². The van der Waals surface area contributed by atoms with Crippen LogP contribution >= 0.6 is 0 Å². The van der Waals surface area contributed by atoms with Crippen LogP contribution in [-0.2, 0) is 5.60 Å². The van der Waals surface area contributed by atoms with Gasteiger partial charge in [0, 0.05) is 23.9 Å². The Morgan fingerprint density at radius 3 is 2.87 bits per heavy atom. The molecule has 15 heavy (non-hydrogen) atoms. The fourth-order valence-electron chi connectivity index (χ4n) is 2.00. The molecule has 1 atom stereocenters. The van der Waals surface area contributed by atoms with E-state index >= 15 is 0 Å². The first-order valence-electron chi connectivity index (χ1n) is 5.03.